The fourth-order valence-electron chi connectivity index (χ4n) is 3.97. The maximum absolute atomic E-state index is 12.5. The van der Waals surface area contributed by atoms with Crippen LogP contribution in [0.5, 0.6) is 5.75 Å². The first-order chi connectivity index (χ1) is 15.4. The summed E-state index contributed by atoms with van der Waals surface area (Å²) in [6.45, 7) is 2.76. The molecule has 4 rings (SSSR count). The van der Waals surface area contributed by atoms with Crippen molar-refractivity contribution in [1.29, 1.82) is 0 Å². The van der Waals surface area contributed by atoms with E-state index in [0.717, 1.165) is 22.1 Å². The van der Waals surface area contributed by atoms with Gasteiger partial charge in [0, 0.05) is 44.3 Å². The lowest BCUT2D eigenvalue weighted by Crippen LogP contribution is -2.49. The van der Waals surface area contributed by atoms with Crippen molar-refractivity contribution in [3.05, 3.63) is 54.5 Å². The first kappa shape index (κ1) is 22.4. The number of piperazine rings is 1. The van der Waals surface area contributed by atoms with Crippen LogP contribution in [0.4, 0.5) is 13.2 Å². The Morgan fingerprint density at radius 2 is 1.78 bits per heavy atom. The van der Waals surface area contributed by atoms with E-state index < -0.39 is 12.7 Å². The Hall–Kier alpha value is -2.75. The van der Waals surface area contributed by atoms with E-state index in [4.69, 9.17) is 4.74 Å². The van der Waals surface area contributed by atoms with Crippen LogP contribution in [-0.2, 0) is 11.3 Å². The van der Waals surface area contributed by atoms with Crippen LogP contribution in [0.25, 0.3) is 22.0 Å². The van der Waals surface area contributed by atoms with Crippen molar-refractivity contribution in [3.63, 3.8) is 0 Å². The Morgan fingerprint density at radius 3 is 2.56 bits per heavy atom. The summed E-state index contributed by atoms with van der Waals surface area (Å²) in [5.41, 5.74) is 3.30. The van der Waals surface area contributed by atoms with Crippen molar-refractivity contribution in [2.45, 2.75) is 12.8 Å². The Labute approximate surface area is 184 Å². The zero-order valence-corrected chi connectivity index (χ0v) is 17.6. The maximum Gasteiger partial charge on any atom is 0.401 e. The molecule has 6 nitrogen and oxygen atoms in total. The molecule has 1 aliphatic heterocycles. The molecule has 0 amide bonds. The van der Waals surface area contributed by atoms with E-state index in [-0.39, 0.29) is 5.75 Å². The van der Waals surface area contributed by atoms with Gasteiger partial charge in [0.15, 0.2) is 0 Å². The minimum atomic E-state index is -4.15. The number of hydrogen-bond acceptors (Lipinski definition) is 6. The third kappa shape index (κ3) is 5.73. The summed E-state index contributed by atoms with van der Waals surface area (Å²) in [5, 5.41) is 11.1. The predicted molar refractivity (Wildman–Crippen MR) is 115 cm³/mol. The second-order valence-corrected chi connectivity index (χ2v) is 7.90. The van der Waals surface area contributed by atoms with Gasteiger partial charge in [0.25, 0.3) is 0 Å². The summed E-state index contributed by atoms with van der Waals surface area (Å²) in [6, 6.07) is 11.5. The van der Waals surface area contributed by atoms with E-state index in [1.54, 1.807) is 12.3 Å². The van der Waals surface area contributed by atoms with Gasteiger partial charge in [-0.05, 0) is 28.8 Å². The largest absolute Gasteiger partial charge is 0.506 e. The van der Waals surface area contributed by atoms with Gasteiger partial charge >= 0.3 is 6.18 Å². The van der Waals surface area contributed by atoms with Gasteiger partial charge in [0.1, 0.15) is 17.6 Å². The van der Waals surface area contributed by atoms with Gasteiger partial charge in [-0.15, -0.1) is 0 Å². The Balaban J connectivity index is 1.32. The first-order valence-corrected chi connectivity index (χ1v) is 10.5. The van der Waals surface area contributed by atoms with E-state index in [1.807, 2.05) is 30.3 Å². The second-order valence-electron chi connectivity index (χ2n) is 7.90. The SMILES string of the molecule is Oc1cc(-c2ccccc2COCCN2CCN(CC(F)(F)F)CC2)cc2cncnc12. The molecule has 1 aliphatic rings. The third-order valence-electron chi connectivity index (χ3n) is 5.59. The lowest BCUT2D eigenvalue weighted by Gasteiger charge is -2.34. The molecule has 2 heterocycles. The number of phenolic OH excluding ortho intramolecular Hbond substituents is 1. The molecule has 1 aromatic heterocycles. The standard InChI is InChI=1S/C23H25F3N4O2/c24-23(25,26)15-30-7-5-29(6-8-30)9-10-32-14-17-3-1-2-4-20(17)18-11-19-13-27-16-28-22(19)21(31)12-18/h1-4,11-13,16,31H,5-10,14-15H2. The molecule has 0 unspecified atom stereocenters. The van der Waals surface area contributed by atoms with Crippen molar-refractivity contribution >= 4 is 10.9 Å². The molecule has 0 bridgehead atoms. The molecule has 1 N–H and O–H groups in total. The summed E-state index contributed by atoms with van der Waals surface area (Å²) in [7, 11) is 0. The molecule has 9 heteroatoms. The average molecular weight is 446 g/mol. The zero-order valence-electron chi connectivity index (χ0n) is 17.6. The van der Waals surface area contributed by atoms with E-state index >= 15 is 0 Å². The number of phenols is 1. The van der Waals surface area contributed by atoms with Gasteiger partial charge in [-0.2, -0.15) is 13.2 Å². The number of benzene rings is 2. The monoisotopic (exact) mass is 446 g/mol. The molecular formula is C23H25F3N4O2. The fraction of sp³-hybridized carbons (Fsp3) is 0.391. The third-order valence-corrected chi connectivity index (χ3v) is 5.59. The number of aromatic hydroxyl groups is 1. The highest BCUT2D eigenvalue weighted by atomic mass is 19.4. The van der Waals surface area contributed by atoms with Crippen LogP contribution in [0.3, 0.4) is 0 Å². The summed E-state index contributed by atoms with van der Waals surface area (Å²) in [6.07, 6.45) is -1.08. The molecule has 32 heavy (non-hydrogen) atoms. The zero-order chi connectivity index (χ0) is 22.6. The molecule has 3 aromatic rings. The fourth-order valence-corrected chi connectivity index (χ4v) is 3.97. The van der Waals surface area contributed by atoms with Crippen molar-refractivity contribution in [2.24, 2.45) is 0 Å². The number of ether oxygens (including phenoxy) is 1. The van der Waals surface area contributed by atoms with E-state index in [0.29, 0.717) is 51.5 Å². The van der Waals surface area contributed by atoms with Gasteiger partial charge < -0.3 is 9.84 Å². The summed E-state index contributed by atoms with van der Waals surface area (Å²) >= 11 is 0. The molecule has 0 aliphatic carbocycles. The molecule has 1 saturated heterocycles. The van der Waals surface area contributed by atoms with Crippen molar-refractivity contribution in [1.82, 2.24) is 19.8 Å². The van der Waals surface area contributed by atoms with E-state index in [2.05, 4.69) is 14.9 Å². The molecule has 170 valence electrons. The van der Waals surface area contributed by atoms with Crippen LogP contribution in [0, 0.1) is 0 Å². The number of nitrogens with zero attached hydrogens (tertiary/aromatic N) is 4. The molecule has 2 aromatic carbocycles. The van der Waals surface area contributed by atoms with Crippen LogP contribution in [-0.4, -0.2) is 76.9 Å². The quantitative estimate of drug-likeness (QED) is 0.559. The lowest BCUT2D eigenvalue weighted by atomic mass is 9.98. The highest BCUT2D eigenvalue weighted by molar-refractivity contribution is 5.89. The lowest BCUT2D eigenvalue weighted by molar-refractivity contribution is -0.149. The van der Waals surface area contributed by atoms with Crippen molar-refractivity contribution in [3.8, 4) is 16.9 Å². The molecule has 0 radical (unpaired) electrons. The average Bonchev–Trinajstić information content (AvgIpc) is 2.77. The highest BCUT2D eigenvalue weighted by Gasteiger charge is 2.32. The van der Waals surface area contributed by atoms with Crippen molar-refractivity contribution < 1.29 is 23.0 Å². The van der Waals surface area contributed by atoms with Gasteiger partial charge in [-0.3, -0.25) is 9.80 Å². The molecule has 1 fully saturated rings. The molecule has 0 spiro atoms. The van der Waals surface area contributed by atoms with Gasteiger partial charge in [-0.25, -0.2) is 9.97 Å². The van der Waals surface area contributed by atoms with Gasteiger partial charge in [-0.1, -0.05) is 24.3 Å². The van der Waals surface area contributed by atoms with E-state index in [9.17, 15) is 18.3 Å². The van der Waals surface area contributed by atoms with Crippen LogP contribution in [0.2, 0.25) is 0 Å². The van der Waals surface area contributed by atoms with Crippen LogP contribution in [0.15, 0.2) is 48.9 Å². The summed E-state index contributed by atoms with van der Waals surface area (Å²) < 4.78 is 43.4. The normalized spacial score (nSPS) is 16.0. The topological polar surface area (TPSA) is 61.7 Å². The predicted octanol–water partition coefficient (Wildman–Crippen LogP) is 3.70. The number of aromatic nitrogens is 2. The highest BCUT2D eigenvalue weighted by Crippen LogP contribution is 2.32. The Morgan fingerprint density at radius 1 is 1.03 bits per heavy atom. The Kier molecular flexibility index (Phi) is 6.88. The maximum atomic E-state index is 12.5. The second kappa shape index (κ2) is 9.81. The number of rotatable bonds is 7. The molecule has 0 atom stereocenters. The number of fused-ring (bicyclic) bond motifs is 1. The van der Waals surface area contributed by atoms with Crippen molar-refractivity contribution in [2.75, 3.05) is 45.9 Å². The number of alkyl halides is 3. The number of hydrogen-bond donors (Lipinski definition) is 1. The summed E-state index contributed by atoms with van der Waals surface area (Å²) in [4.78, 5) is 11.7. The van der Waals surface area contributed by atoms with Crippen LogP contribution >= 0.6 is 0 Å². The molecular weight excluding hydrogens is 421 g/mol. The van der Waals surface area contributed by atoms with Gasteiger partial charge in [0.2, 0.25) is 0 Å². The minimum absolute atomic E-state index is 0.0975. The minimum Gasteiger partial charge on any atom is -0.506 e. The molecule has 0 saturated carbocycles. The first-order valence-electron chi connectivity index (χ1n) is 10.5. The van der Waals surface area contributed by atoms with Gasteiger partial charge in [0.05, 0.1) is 19.8 Å². The summed E-state index contributed by atoms with van der Waals surface area (Å²) in [5.74, 6) is 0.0975. The van der Waals surface area contributed by atoms with Crippen LogP contribution in [0.1, 0.15) is 5.56 Å². The number of halogens is 3. The van der Waals surface area contributed by atoms with E-state index in [1.165, 1.54) is 11.2 Å². The Bertz CT molecular complexity index is 1050. The smallest absolute Gasteiger partial charge is 0.401 e. The van der Waals surface area contributed by atoms with Crippen LogP contribution < -0.4 is 0 Å².